The number of hydrogen-bond acceptors (Lipinski definition) is 4. The molecule has 2 atom stereocenters. The van der Waals surface area contributed by atoms with E-state index in [1.54, 1.807) is 50.2 Å². The molecule has 0 fully saturated rings. The van der Waals surface area contributed by atoms with Crippen LogP contribution in [0.2, 0.25) is 0 Å². The second kappa shape index (κ2) is 8.58. The quantitative estimate of drug-likeness (QED) is 0.744. The molecule has 0 saturated carbocycles. The zero-order valence-corrected chi connectivity index (χ0v) is 16.0. The van der Waals surface area contributed by atoms with Gasteiger partial charge in [0.1, 0.15) is 11.5 Å². The summed E-state index contributed by atoms with van der Waals surface area (Å²) in [5, 5.41) is 12.2. The van der Waals surface area contributed by atoms with Crippen molar-refractivity contribution in [2.24, 2.45) is 0 Å². The number of carboxylic acid groups (broad SMARTS) is 1. The Morgan fingerprint density at radius 2 is 1.81 bits per heavy atom. The van der Waals surface area contributed by atoms with Crippen molar-refractivity contribution in [3.8, 4) is 11.5 Å². The third-order valence-corrected chi connectivity index (χ3v) is 4.31. The summed E-state index contributed by atoms with van der Waals surface area (Å²) < 4.78 is 10.9. The molecule has 0 saturated heterocycles. The number of benzene rings is 2. The zero-order valence-electron chi connectivity index (χ0n) is 16.0. The highest BCUT2D eigenvalue weighted by Crippen LogP contribution is 2.28. The van der Waals surface area contributed by atoms with E-state index in [0.29, 0.717) is 17.1 Å². The number of aliphatic carboxylic acids is 1. The second-order valence-electron chi connectivity index (χ2n) is 6.70. The van der Waals surface area contributed by atoms with Gasteiger partial charge >= 0.3 is 5.97 Å². The Labute approximate surface area is 159 Å². The Bertz CT molecular complexity index is 802. The summed E-state index contributed by atoms with van der Waals surface area (Å²) in [6, 6.07) is 14.4. The van der Waals surface area contributed by atoms with Gasteiger partial charge in [0.15, 0.2) is 6.10 Å². The molecule has 6 heteroatoms. The SMILES string of the molecule is COc1cccc(C(C)(CC(=O)O)NC(=O)C(C)Oc2ccc(C)cc2)c1. The maximum atomic E-state index is 12.7. The first kappa shape index (κ1) is 20.3. The zero-order chi connectivity index (χ0) is 20.0. The lowest BCUT2D eigenvalue weighted by Crippen LogP contribution is -2.49. The Balaban J connectivity index is 2.19. The normalized spacial score (nSPS) is 13.9. The smallest absolute Gasteiger partial charge is 0.306 e. The van der Waals surface area contributed by atoms with Crippen LogP contribution in [0.4, 0.5) is 0 Å². The summed E-state index contributed by atoms with van der Waals surface area (Å²) in [4.78, 5) is 24.1. The number of ether oxygens (including phenoxy) is 2. The van der Waals surface area contributed by atoms with E-state index in [2.05, 4.69) is 5.32 Å². The molecule has 2 N–H and O–H groups in total. The van der Waals surface area contributed by atoms with Crippen LogP contribution in [-0.2, 0) is 15.1 Å². The molecule has 0 aromatic heterocycles. The molecule has 0 aliphatic carbocycles. The standard InChI is InChI=1S/C21H25NO5/c1-14-8-10-17(11-9-14)27-15(2)20(25)22-21(3,13-19(23)24)16-6-5-7-18(12-16)26-4/h5-12,15H,13H2,1-4H3,(H,22,25)(H,23,24). The van der Waals surface area contributed by atoms with E-state index >= 15 is 0 Å². The van der Waals surface area contributed by atoms with Crippen LogP contribution in [0.1, 0.15) is 31.4 Å². The van der Waals surface area contributed by atoms with E-state index < -0.39 is 23.5 Å². The third kappa shape index (κ3) is 5.48. The van der Waals surface area contributed by atoms with Crippen molar-refractivity contribution in [1.29, 1.82) is 0 Å². The molecule has 0 heterocycles. The van der Waals surface area contributed by atoms with Crippen LogP contribution in [0.25, 0.3) is 0 Å². The Morgan fingerprint density at radius 1 is 1.15 bits per heavy atom. The van der Waals surface area contributed by atoms with Gasteiger partial charge < -0.3 is 19.9 Å². The number of amides is 1. The summed E-state index contributed by atoms with van der Waals surface area (Å²) in [7, 11) is 1.53. The molecule has 6 nitrogen and oxygen atoms in total. The van der Waals surface area contributed by atoms with Crippen LogP contribution in [-0.4, -0.2) is 30.2 Å². The highest BCUT2D eigenvalue weighted by atomic mass is 16.5. The van der Waals surface area contributed by atoms with Gasteiger partial charge in [-0.2, -0.15) is 0 Å². The van der Waals surface area contributed by atoms with Crippen LogP contribution >= 0.6 is 0 Å². The molecule has 0 bridgehead atoms. The summed E-state index contributed by atoms with van der Waals surface area (Å²) >= 11 is 0. The third-order valence-electron chi connectivity index (χ3n) is 4.31. The van der Waals surface area contributed by atoms with Crippen molar-refractivity contribution in [3.05, 3.63) is 59.7 Å². The minimum absolute atomic E-state index is 0.275. The first-order chi connectivity index (χ1) is 12.7. The predicted octanol–water partition coefficient (Wildman–Crippen LogP) is 3.28. The van der Waals surface area contributed by atoms with Crippen molar-refractivity contribution in [2.45, 2.75) is 38.8 Å². The van der Waals surface area contributed by atoms with Crippen molar-refractivity contribution in [1.82, 2.24) is 5.32 Å². The average Bonchev–Trinajstić information content (AvgIpc) is 2.62. The van der Waals surface area contributed by atoms with E-state index in [9.17, 15) is 14.7 Å². The molecule has 2 aromatic carbocycles. The molecule has 144 valence electrons. The van der Waals surface area contributed by atoms with Gasteiger partial charge in [0.05, 0.1) is 19.1 Å². The fraction of sp³-hybridized carbons (Fsp3) is 0.333. The molecular weight excluding hydrogens is 346 g/mol. The number of carbonyl (C=O) groups excluding carboxylic acids is 1. The lowest BCUT2D eigenvalue weighted by molar-refractivity contribution is -0.139. The predicted molar refractivity (Wildman–Crippen MR) is 102 cm³/mol. The first-order valence-electron chi connectivity index (χ1n) is 8.65. The van der Waals surface area contributed by atoms with Crippen molar-refractivity contribution < 1.29 is 24.2 Å². The lowest BCUT2D eigenvalue weighted by atomic mass is 9.88. The number of carboxylic acids is 1. The van der Waals surface area contributed by atoms with Crippen LogP contribution in [0.5, 0.6) is 11.5 Å². The monoisotopic (exact) mass is 371 g/mol. The largest absolute Gasteiger partial charge is 0.497 e. The summed E-state index contributed by atoms with van der Waals surface area (Å²) in [6.07, 6.45) is -1.06. The molecule has 2 rings (SSSR count). The molecule has 0 aliphatic heterocycles. The molecule has 1 amide bonds. The van der Waals surface area contributed by atoms with Crippen molar-refractivity contribution in [2.75, 3.05) is 7.11 Å². The van der Waals surface area contributed by atoms with E-state index in [1.165, 1.54) is 7.11 Å². The average molecular weight is 371 g/mol. The molecular formula is C21H25NO5. The van der Waals surface area contributed by atoms with Crippen LogP contribution in [0.15, 0.2) is 48.5 Å². The molecule has 0 spiro atoms. The summed E-state index contributed by atoms with van der Waals surface area (Å²) in [6.45, 7) is 5.26. The fourth-order valence-corrected chi connectivity index (χ4v) is 2.74. The van der Waals surface area contributed by atoms with Crippen LogP contribution < -0.4 is 14.8 Å². The fourth-order valence-electron chi connectivity index (χ4n) is 2.74. The van der Waals surface area contributed by atoms with E-state index in [4.69, 9.17) is 9.47 Å². The maximum Gasteiger partial charge on any atom is 0.306 e. The highest BCUT2D eigenvalue weighted by Gasteiger charge is 2.33. The van der Waals surface area contributed by atoms with Gasteiger partial charge in [0.2, 0.25) is 0 Å². The first-order valence-corrected chi connectivity index (χ1v) is 8.65. The second-order valence-corrected chi connectivity index (χ2v) is 6.70. The van der Waals surface area contributed by atoms with Crippen LogP contribution in [0, 0.1) is 6.92 Å². The number of carbonyl (C=O) groups is 2. The maximum absolute atomic E-state index is 12.7. The van der Waals surface area contributed by atoms with E-state index in [0.717, 1.165) is 5.56 Å². The summed E-state index contributed by atoms with van der Waals surface area (Å²) in [5.74, 6) is -0.262. The molecule has 0 radical (unpaired) electrons. The van der Waals surface area contributed by atoms with Crippen molar-refractivity contribution in [3.63, 3.8) is 0 Å². The topological polar surface area (TPSA) is 84.9 Å². The molecule has 2 unspecified atom stereocenters. The highest BCUT2D eigenvalue weighted by molar-refractivity contribution is 5.82. The van der Waals surface area contributed by atoms with E-state index in [1.807, 2.05) is 19.1 Å². The Morgan fingerprint density at radius 3 is 2.41 bits per heavy atom. The van der Waals surface area contributed by atoms with Gasteiger partial charge in [-0.25, -0.2) is 0 Å². The number of methoxy groups -OCH3 is 1. The number of aryl methyl sites for hydroxylation is 1. The Hall–Kier alpha value is -3.02. The minimum Gasteiger partial charge on any atom is -0.497 e. The number of nitrogens with one attached hydrogen (secondary N) is 1. The van der Waals surface area contributed by atoms with Gasteiger partial charge in [-0.05, 0) is 50.6 Å². The molecule has 0 aliphatic rings. The Kier molecular flexibility index (Phi) is 6.45. The number of rotatable bonds is 8. The van der Waals surface area contributed by atoms with Gasteiger partial charge in [-0.3, -0.25) is 9.59 Å². The van der Waals surface area contributed by atoms with Crippen molar-refractivity contribution >= 4 is 11.9 Å². The minimum atomic E-state index is -1.11. The molecule has 2 aromatic rings. The van der Waals surface area contributed by atoms with Gasteiger partial charge in [0, 0.05) is 0 Å². The number of hydrogen-bond donors (Lipinski definition) is 2. The lowest BCUT2D eigenvalue weighted by Gasteiger charge is -2.31. The van der Waals surface area contributed by atoms with Gasteiger partial charge in [0.25, 0.3) is 5.91 Å². The van der Waals surface area contributed by atoms with Gasteiger partial charge in [-0.15, -0.1) is 0 Å². The van der Waals surface area contributed by atoms with Gasteiger partial charge in [-0.1, -0.05) is 29.8 Å². The van der Waals surface area contributed by atoms with E-state index in [-0.39, 0.29) is 6.42 Å². The van der Waals surface area contributed by atoms with Crippen LogP contribution in [0.3, 0.4) is 0 Å². The summed E-state index contributed by atoms with van der Waals surface area (Å²) in [5.41, 5.74) is 0.620. The molecule has 27 heavy (non-hydrogen) atoms.